The van der Waals surface area contributed by atoms with Crippen LogP contribution in [0.15, 0.2) is 24.7 Å². The first kappa shape index (κ1) is 4.21. The van der Waals surface area contributed by atoms with Crippen LogP contribution in [0.1, 0.15) is 0 Å². The fourth-order valence-corrected chi connectivity index (χ4v) is 1.50. The summed E-state index contributed by atoms with van der Waals surface area (Å²) in [4.78, 5) is 1.13. The van der Waals surface area contributed by atoms with Crippen molar-refractivity contribution >= 4 is 15.9 Å². The highest BCUT2D eigenvalue weighted by Gasteiger charge is 2.11. The van der Waals surface area contributed by atoms with Crippen molar-refractivity contribution in [3.8, 4) is 0 Å². The van der Waals surface area contributed by atoms with Gasteiger partial charge in [-0.05, 0) is 12.2 Å². The predicted octanol–water partition coefficient (Wildman–Crippen LogP) is 1.35. The Morgan fingerprint density at radius 1 is 1.12 bits per heavy atom. The van der Waals surface area contributed by atoms with Crippen molar-refractivity contribution in [1.29, 1.82) is 0 Å². The van der Waals surface area contributed by atoms with Crippen LogP contribution < -0.4 is 0 Å². The number of hydrogen-bond donors (Lipinski definition) is 0. The first-order valence-corrected chi connectivity index (χ1v) is 3.33. The molecule has 0 unspecified atom stereocenters. The van der Waals surface area contributed by atoms with Crippen molar-refractivity contribution in [2.75, 3.05) is 0 Å². The maximum Gasteiger partial charge on any atom is 0.191 e. The van der Waals surface area contributed by atoms with E-state index in [1.54, 1.807) is 12.5 Å². The molecule has 0 aromatic carbocycles. The molecule has 8 heavy (non-hydrogen) atoms. The Balaban J connectivity index is 2.43. The molecular weight excluding hydrogens is 124 g/mol. The van der Waals surface area contributed by atoms with Gasteiger partial charge in [0, 0.05) is 0 Å². The zero-order chi connectivity index (χ0) is 5.40. The lowest BCUT2D eigenvalue weighted by molar-refractivity contribution is 0.459. The largest absolute Gasteiger partial charge is 0.408 e. The van der Waals surface area contributed by atoms with E-state index in [1.807, 2.05) is 12.2 Å². The van der Waals surface area contributed by atoms with E-state index in [9.17, 15) is 0 Å². The normalized spacial score (nSPS) is 23.2. The van der Waals surface area contributed by atoms with Crippen molar-refractivity contribution < 1.29 is 8.37 Å². The Labute approximate surface area is 49.7 Å². The zero-order valence-electron chi connectivity index (χ0n) is 4.03. The van der Waals surface area contributed by atoms with Gasteiger partial charge in [-0.15, -0.1) is 0 Å². The van der Waals surface area contributed by atoms with E-state index in [0.717, 1.165) is 4.86 Å². The van der Waals surface area contributed by atoms with Gasteiger partial charge >= 0.3 is 0 Å². The van der Waals surface area contributed by atoms with Gasteiger partial charge in [0.1, 0.15) is 12.5 Å². The van der Waals surface area contributed by atoms with E-state index in [-0.39, 0.29) is 11.0 Å². The minimum absolute atomic E-state index is 0.373. The summed E-state index contributed by atoms with van der Waals surface area (Å²) in [6, 6.07) is 0. The Morgan fingerprint density at radius 2 is 1.75 bits per heavy atom. The lowest BCUT2D eigenvalue weighted by Gasteiger charge is -1.95. The van der Waals surface area contributed by atoms with E-state index in [1.165, 1.54) is 0 Å². The van der Waals surface area contributed by atoms with Gasteiger partial charge in [-0.1, -0.05) is 0 Å². The predicted molar refractivity (Wildman–Crippen MR) is 33.0 cm³/mol. The summed E-state index contributed by atoms with van der Waals surface area (Å²) >= 11 is -0.373. The summed E-state index contributed by atoms with van der Waals surface area (Å²) in [6.45, 7) is 0. The molecule has 0 aliphatic carbocycles. The van der Waals surface area contributed by atoms with Gasteiger partial charge in [-0.2, -0.15) is 0 Å². The van der Waals surface area contributed by atoms with E-state index < -0.39 is 0 Å². The number of allylic oxidation sites excluding steroid dienone is 2. The second-order valence-corrected chi connectivity index (χ2v) is 2.76. The molecule has 0 radical (unpaired) electrons. The Hall–Kier alpha value is -0.700. The van der Waals surface area contributed by atoms with Crippen molar-refractivity contribution in [1.82, 2.24) is 0 Å². The number of rotatable bonds is 0. The monoisotopic (exact) mass is 128 g/mol. The Morgan fingerprint density at radius 3 is 2.25 bits per heavy atom. The highest BCUT2D eigenvalue weighted by atomic mass is 32.2. The van der Waals surface area contributed by atoms with E-state index in [4.69, 9.17) is 8.37 Å². The second-order valence-electron chi connectivity index (χ2n) is 1.44. The lowest BCUT2D eigenvalue weighted by Crippen LogP contribution is -1.75. The molecule has 0 aromatic rings. The SMILES string of the molecule is C1=CC2=S(O1)OC=C2. The van der Waals surface area contributed by atoms with Crippen LogP contribution in [0.2, 0.25) is 0 Å². The average molecular weight is 128 g/mol. The smallest absolute Gasteiger partial charge is 0.191 e. The molecule has 0 atom stereocenters. The molecular formula is C5H4O2S. The molecule has 0 saturated heterocycles. The number of hydrogen-bond acceptors (Lipinski definition) is 2. The third-order valence-electron chi connectivity index (χ3n) is 0.943. The fraction of sp³-hybridized carbons (Fsp3) is 0. The highest BCUT2D eigenvalue weighted by molar-refractivity contribution is 8.08. The van der Waals surface area contributed by atoms with Crippen LogP contribution in [0.5, 0.6) is 0 Å². The second kappa shape index (κ2) is 1.39. The minimum atomic E-state index is -0.373. The third kappa shape index (κ3) is 0.419. The molecule has 2 rings (SSSR count). The molecule has 2 aliphatic heterocycles. The summed E-state index contributed by atoms with van der Waals surface area (Å²) in [6.07, 6.45) is 7.13. The Kier molecular flexibility index (Phi) is 0.729. The molecule has 3 heteroatoms. The molecule has 0 saturated carbocycles. The van der Waals surface area contributed by atoms with Crippen LogP contribution in [0.4, 0.5) is 0 Å². The van der Waals surface area contributed by atoms with Gasteiger partial charge in [0.2, 0.25) is 0 Å². The maximum atomic E-state index is 5.00. The Bertz CT molecular complexity index is 182. The summed E-state index contributed by atoms with van der Waals surface area (Å²) < 4.78 is 10.0. The van der Waals surface area contributed by atoms with Crippen molar-refractivity contribution in [2.45, 2.75) is 0 Å². The highest BCUT2D eigenvalue weighted by Crippen LogP contribution is 2.29. The van der Waals surface area contributed by atoms with Gasteiger partial charge in [-0.3, -0.25) is 0 Å². The zero-order valence-corrected chi connectivity index (χ0v) is 4.85. The summed E-state index contributed by atoms with van der Waals surface area (Å²) in [5.74, 6) is 0. The fourth-order valence-electron chi connectivity index (χ4n) is 0.591. The van der Waals surface area contributed by atoms with Crippen LogP contribution >= 0.6 is 11.0 Å². The van der Waals surface area contributed by atoms with Gasteiger partial charge < -0.3 is 8.37 Å². The van der Waals surface area contributed by atoms with E-state index in [0.29, 0.717) is 0 Å². The van der Waals surface area contributed by atoms with Crippen LogP contribution in [-0.2, 0) is 8.37 Å². The summed E-state index contributed by atoms with van der Waals surface area (Å²) in [5, 5.41) is 0. The molecule has 0 bridgehead atoms. The molecule has 2 heterocycles. The van der Waals surface area contributed by atoms with Gasteiger partial charge in [0.25, 0.3) is 0 Å². The van der Waals surface area contributed by atoms with Crippen molar-refractivity contribution in [3.05, 3.63) is 24.7 Å². The maximum absolute atomic E-state index is 5.00. The lowest BCUT2D eigenvalue weighted by atomic mass is 10.4. The first-order valence-electron chi connectivity index (χ1n) is 2.25. The standard InChI is InChI=1S/C5H4O2S/c1-3-6-8-5(1)2-4-7-8/h1-4H. The molecule has 0 spiro atoms. The topological polar surface area (TPSA) is 18.5 Å². The van der Waals surface area contributed by atoms with Crippen LogP contribution in [0.3, 0.4) is 0 Å². The molecule has 42 valence electrons. The van der Waals surface area contributed by atoms with Crippen LogP contribution in [-0.4, -0.2) is 4.86 Å². The van der Waals surface area contributed by atoms with Crippen molar-refractivity contribution in [3.63, 3.8) is 0 Å². The molecule has 2 nitrogen and oxygen atoms in total. The van der Waals surface area contributed by atoms with E-state index >= 15 is 0 Å². The molecule has 0 aromatic heterocycles. The minimum Gasteiger partial charge on any atom is -0.408 e. The van der Waals surface area contributed by atoms with Crippen LogP contribution in [0.25, 0.3) is 0 Å². The van der Waals surface area contributed by atoms with Gasteiger partial charge in [0.05, 0.1) is 4.86 Å². The van der Waals surface area contributed by atoms with Crippen LogP contribution in [0, 0.1) is 0 Å². The van der Waals surface area contributed by atoms with Crippen molar-refractivity contribution in [2.24, 2.45) is 0 Å². The van der Waals surface area contributed by atoms with E-state index in [2.05, 4.69) is 0 Å². The molecule has 0 amide bonds. The quantitative estimate of drug-likeness (QED) is 0.458. The third-order valence-corrected chi connectivity index (χ3v) is 2.17. The first-order chi connectivity index (χ1) is 3.97. The summed E-state index contributed by atoms with van der Waals surface area (Å²) in [5.41, 5.74) is 0. The average Bonchev–Trinajstić information content (AvgIpc) is 2.15. The summed E-state index contributed by atoms with van der Waals surface area (Å²) in [7, 11) is 0. The molecule has 0 N–H and O–H groups in total. The molecule has 0 fully saturated rings. The molecule has 2 aliphatic rings. The van der Waals surface area contributed by atoms with Gasteiger partial charge in [0.15, 0.2) is 11.0 Å². The van der Waals surface area contributed by atoms with Gasteiger partial charge in [-0.25, -0.2) is 0 Å².